The van der Waals surface area contributed by atoms with E-state index in [-0.39, 0.29) is 67.4 Å². The van der Waals surface area contributed by atoms with E-state index in [1.54, 1.807) is 19.2 Å². The Hall–Kier alpha value is -3.03. The summed E-state index contributed by atoms with van der Waals surface area (Å²) in [5.41, 5.74) is -1.07. The molecule has 0 bridgehead atoms. The third-order valence-electron chi connectivity index (χ3n) is 6.77. The molecule has 240 valence electrons. The number of nitrogens with one attached hydrogen (secondary N) is 3. The van der Waals surface area contributed by atoms with Crippen LogP contribution in [0.3, 0.4) is 0 Å². The Morgan fingerprint density at radius 2 is 1.63 bits per heavy atom. The van der Waals surface area contributed by atoms with Crippen molar-refractivity contribution < 1.29 is 32.6 Å². The standard InChI is InChI=1S/C31H48N4O7S/c1-24(2)23-35(43(39,40)28-13-11-27(42-5)12-14-28)31(38,20-26-9-7-6-8-10-26)15-16-33-29(36)19-25(3)21-34-30(37)22-32-17-18-41-4/h6-14,24-25,32,38H,15-23H2,1-5H3,(H,33,36)(H,34,37). The van der Waals surface area contributed by atoms with Gasteiger partial charge in [0.25, 0.3) is 0 Å². The van der Waals surface area contributed by atoms with Crippen LogP contribution in [0, 0.1) is 11.8 Å². The van der Waals surface area contributed by atoms with E-state index in [4.69, 9.17) is 9.47 Å². The van der Waals surface area contributed by atoms with Gasteiger partial charge in [0.05, 0.1) is 25.2 Å². The van der Waals surface area contributed by atoms with Gasteiger partial charge < -0.3 is 30.5 Å². The van der Waals surface area contributed by atoms with Crippen LogP contribution >= 0.6 is 0 Å². The topological polar surface area (TPSA) is 146 Å². The predicted molar refractivity (Wildman–Crippen MR) is 166 cm³/mol. The van der Waals surface area contributed by atoms with Crippen LogP contribution in [0.15, 0.2) is 59.5 Å². The molecule has 0 spiro atoms. The Morgan fingerprint density at radius 1 is 0.953 bits per heavy atom. The Bertz CT molecular complexity index is 1230. The summed E-state index contributed by atoms with van der Waals surface area (Å²) >= 11 is 0. The molecule has 2 amide bonds. The van der Waals surface area contributed by atoms with Crippen LogP contribution in [0.5, 0.6) is 5.75 Å². The quantitative estimate of drug-likeness (QED) is 0.130. The normalized spacial score (nSPS) is 13.9. The van der Waals surface area contributed by atoms with Crippen LogP contribution in [-0.2, 0) is 30.8 Å². The first-order chi connectivity index (χ1) is 20.4. The highest BCUT2D eigenvalue weighted by atomic mass is 32.2. The van der Waals surface area contributed by atoms with Gasteiger partial charge in [-0.15, -0.1) is 0 Å². The maximum absolute atomic E-state index is 14.0. The lowest BCUT2D eigenvalue weighted by Gasteiger charge is -2.40. The highest BCUT2D eigenvalue weighted by Gasteiger charge is 2.43. The number of ether oxygens (including phenoxy) is 2. The van der Waals surface area contributed by atoms with Crippen molar-refractivity contribution in [3.63, 3.8) is 0 Å². The molecule has 0 radical (unpaired) electrons. The molecule has 0 aliphatic rings. The first-order valence-electron chi connectivity index (χ1n) is 14.6. The van der Waals surface area contributed by atoms with Crippen molar-refractivity contribution in [2.75, 3.05) is 53.6 Å². The minimum atomic E-state index is -4.13. The Kier molecular flexibility index (Phi) is 15.1. The second-order valence-electron chi connectivity index (χ2n) is 11.1. The Balaban J connectivity index is 2.14. The molecule has 2 atom stereocenters. The van der Waals surface area contributed by atoms with E-state index >= 15 is 0 Å². The van der Waals surface area contributed by atoms with E-state index in [1.165, 1.54) is 19.2 Å². The Morgan fingerprint density at radius 3 is 2.23 bits per heavy atom. The number of aliphatic hydroxyl groups is 1. The molecule has 0 aliphatic carbocycles. The summed E-state index contributed by atoms with van der Waals surface area (Å²) < 4.78 is 39.2. The monoisotopic (exact) mass is 620 g/mol. The lowest BCUT2D eigenvalue weighted by Crippen LogP contribution is -2.55. The highest BCUT2D eigenvalue weighted by Crippen LogP contribution is 2.31. The fourth-order valence-corrected chi connectivity index (χ4v) is 6.34. The predicted octanol–water partition coefficient (Wildman–Crippen LogP) is 2.16. The number of carbonyl (C=O) groups is 2. The van der Waals surface area contributed by atoms with E-state index < -0.39 is 15.7 Å². The fourth-order valence-electron chi connectivity index (χ4n) is 4.51. The molecule has 2 rings (SSSR count). The number of benzene rings is 2. The van der Waals surface area contributed by atoms with E-state index in [2.05, 4.69) is 16.0 Å². The van der Waals surface area contributed by atoms with Gasteiger partial charge in [0.15, 0.2) is 0 Å². The molecule has 11 nitrogen and oxygen atoms in total. The van der Waals surface area contributed by atoms with Crippen LogP contribution in [-0.4, -0.2) is 88.9 Å². The summed E-state index contributed by atoms with van der Waals surface area (Å²) in [6, 6.07) is 15.2. The average molecular weight is 621 g/mol. The zero-order valence-electron chi connectivity index (χ0n) is 26.0. The SMILES string of the molecule is COCCNCC(=O)NCC(C)CC(=O)NCCC(O)(Cc1ccccc1)N(CC(C)C)S(=O)(=O)c1ccc(OC)cc1. The third kappa shape index (κ3) is 12.2. The van der Waals surface area contributed by atoms with Gasteiger partial charge in [-0.05, 0) is 41.7 Å². The van der Waals surface area contributed by atoms with Crippen molar-refractivity contribution in [1.82, 2.24) is 20.3 Å². The zero-order valence-corrected chi connectivity index (χ0v) is 26.8. The lowest BCUT2D eigenvalue weighted by atomic mass is 9.98. The van der Waals surface area contributed by atoms with Gasteiger partial charge in [-0.2, -0.15) is 4.31 Å². The molecule has 43 heavy (non-hydrogen) atoms. The smallest absolute Gasteiger partial charge is 0.245 e. The van der Waals surface area contributed by atoms with Gasteiger partial charge in [-0.25, -0.2) is 8.42 Å². The molecule has 4 N–H and O–H groups in total. The van der Waals surface area contributed by atoms with Crippen LogP contribution < -0.4 is 20.7 Å². The van der Waals surface area contributed by atoms with Crippen LogP contribution in [0.2, 0.25) is 0 Å². The third-order valence-corrected chi connectivity index (χ3v) is 8.71. The first-order valence-corrected chi connectivity index (χ1v) is 16.0. The second-order valence-corrected chi connectivity index (χ2v) is 13.0. The second kappa shape index (κ2) is 17.9. The van der Waals surface area contributed by atoms with Gasteiger partial charge in [0.2, 0.25) is 21.8 Å². The number of sulfonamides is 1. The Labute approximate surface area is 256 Å². The molecule has 0 heterocycles. The average Bonchev–Trinajstić information content (AvgIpc) is 2.97. The summed E-state index contributed by atoms with van der Waals surface area (Å²) in [6.45, 7) is 7.32. The van der Waals surface area contributed by atoms with E-state index in [0.717, 1.165) is 9.87 Å². The zero-order chi connectivity index (χ0) is 31.9. The number of amides is 2. The fraction of sp³-hybridized carbons (Fsp3) is 0.548. The van der Waals surface area contributed by atoms with Crippen molar-refractivity contribution >= 4 is 21.8 Å². The van der Waals surface area contributed by atoms with Crippen molar-refractivity contribution in [3.05, 3.63) is 60.2 Å². The largest absolute Gasteiger partial charge is 0.497 e. The van der Waals surface area contributed by atoms with Crippen molar-refractivity contribution in [1.29, 1.82) is 0 Å². The number of hydrogen-bond donors (Lipinski definition) is 4. The summed E-state index contributed by atoms with van der Waals surface area (Å²) in [5, 5.41) is 20.7. The number of carbonyl (C=O) groups excluding carboxylic acids is 2. The van der Waals surface area contributed by atoms with E-state index in [9.17, 15) is 23.1 Å². The van der Waals surface area contributed by atoms with Crippen LogP contribution in [0.4, 0.5) is 0 Å². The van der Waals surface area contributed by atoms with Crippen LogP contribution in [0.25, 0.3) is 0 Å². The molecule has 0 fully saturated rings. The summed E-state index contributed by atoms with van der Waals surface area (Å²) in [7, 11) is -1.04. The molecular formula is C31H48N4O7S. The van der Waals surface area contributed by atoms with Crippen molar-refractivity contribution in [3.8, 4) is 5.75 Å². The molecule has 2 aromatic rings. The minimum Gasteiger partial charge on any atom is -0.497 e. The summed E-state index contributed by atoms with van der Waals surface area (Å²) in [6.07, 6.45) is 0.162. The van der Waals surface area contributed by atoms with Gasteiger partial charge in [-0.1, -0.05) is 51.1 Å². The van der Waals surface area contributed by atoms with Crippen molar-refractivity contribution in [2.45, 2.75) is 50.7 Å². The van der Waals surface area contributed by atoms with E-state index in [0.29, 0.717) is 25.4 Å². The van der Waals surface area contributed by atoms with Gasteiger partial charge in [0.1, 0.15) is 11.5 Å². The molecule has 0 saturated carbocycles. The number of hydrogen-bond acceptors (Lipinski definition) is 8. The van der Waals surface area contributed by atoms with Gasteiger partial charge >= 0.3 is 0 Å². The first kappa shape index (κ1) is 36.2. The van der Waals surface area contributed by atoms with E-state index in [1.807, 2.05) is 51.1 Å². The van der Waals surface area contributed by atoms with Crippen LogP contribution in [0.1, 0.15) is 39.2 Å². The minimum absolute atomic E-state index is 0.0337. The maximum atomic E-state index is 14.0. The highest BCUT2D eigenvalue weighted by molar-refractivity contribution is 7.89. The number of methoxy groups -OCH3 is 2. The molecule has 0 aromatic heterocycles. The van der Waals surface area contributed by atoms with Gasteiger partial charge in [0, 0.05) is 52.6 Å². The number of nitrogens with zero attached hydrogens (tertiary/aromatic N) is 1. The lowest BCUT2D eigenvalue weighted by molar-refractivity contribution is -0.124. The molecule has 12 heteroatoms. The maximum Gasteiger partial charge on any atom is 0.245 e. The molecule has 2 aromatic carbocycles. The molecular weight excluding hydrogens is 572 g/mol. The molecule has 0 aliphatic heterocycles. The van der Waals surface area contributed by atoms with Crippen molar-refractivity contribution in [2.24, 2.45) is 11.8 Å². The van der Waals surface area contributed by atoms with Gasteiger partial charge in [-0.3, -0.25) is 9.59 Å². The molecule has 0 saturated heterocycles. The summed E-state index contributed by atoms with van der Waals surface area (Å²) in [5.74, 6) is -0.118. The summed E-state index contributed by atoms with van der Waals surface area (Å²) in [4.78, 5) is 24.8. The number of rotatable bonds is 20. The molecule has 2 unspecified atom stereocenters.